The SMILES string of the molecule is Cc1cn(C)c(C2CCN(C(=O)c3cn4c(C)cccc4n3)C2)n1. The fraction of sp³-hybridized carbons (Fsp3) is 0.389. The first kappa shape index (κ1) is 14.9. The molecule has 0 bridgehead atoms. The lowest BCUT2D eigenvalue weighted by molar-refractivity contribution is 0.0785. The summed E-state index contributed by atoms with van der Waals surface area (Å²) in [7, 11) is 2.02. The first-order valence-electron chi connectivity index (χ1n) is 8.27. The van der Waals surface area contributed by atoms with Crippen LogP contribution in [0.1, 0.15) is 40.0 Å². The highest BCUT2D eigenvalue weighted by atomic mass is 16.2. The van der Waals surface area contributed by atoms with E-state index in [9.17, 15) is 4.79 Å². The van der Waals surface area contributed by atoms with Crippen molar-refractivity contribution in [1.82, 2.24) is 23.8 Å². The Morgan fingerprint density at radius 1 is 1.21 bits per heavy atom. The highest BCUT2D eigenvalue weighted by Crippen LogP contribution is 2.27. The lowest BCUT2D eigenvalue weighted by atomic mass is 10.1. The lowest BCUT2D eigenvalue weighted by Gasteiger charge is -2.15. The van der Waals surface area contributed by atoms with Gasteiger partial charge in [-0.15, -0.1) is 0 Å². The van der Waals surface area contributed by atoms with E-state index >= 15 is 0 Å². The highest BCUT2D eigenvalue weighted by Gasteiger charge is 2.31. The van der Waals surface area contributed by atoms with Gasteiger partial charge in [0.2, 0.25) is 0 Å². The molecule has 0 spiro atoms. The number of rotatable bonds is 2. The third-order valence-electron chi connectivity index (χ3n) is 4.79. The minimum absolute atomic E-state index is 0.00605. The van der Waals surface area contributed by atoms with Crippen molar-refractivity contribution in [3.05, 3.63) is 53.5 Å². The molecule has 1 saturated heterocycles. The number of hydrogen-bond donors (Lipinski definition) is 0. The number of amides is 1. The standard InChI is InChI=1S/C18H21N5O/c1-12-9-21(3)17(19-12)14-7-8-22(10-14)18(24)15-11-23-13(2)5-4-6-16(23)20-15/h4-6,9,11,14H,7-8,10H2,1-3H3. The van der Waals surface area contributed by atoms with Crippen LogP contribution in [0.4, 0.5) is 0 Å². The molecule has 6 nitrogen and oxygen atoms in total. The van der Waals surface area contributed by atoms with Gasteiger partial charge >= 0.3 is 0 Å². The van der Waals surface area contributed by atoms with E-state index in [-0.39, 0.29) is 5.91 Å². The van der Waals surface area contributed by atoms with E-state index < -0.39 is 0 Å². The molecule has 0 saturated carbocycles. The van der Waals surface area contributed by atoms with Crippen LogP contribution in [0.2, 0.25) is 0 Å². The number of pyridine rings is 1. The molecule has 1 aliphatic heterocycles. The maximum atomic E-state index is 12.8. The van der Waals surface area contributed by atoms with Gasteiger partial charge in [0.25, 0.3) is 5.91 Å². The molecule has 0 N–H and O–H groups in total. The molecule has 1 aliphatic rings. The fourth-order valence-electron chi connectivity index (χ4n) is 3.58. The predicted molar refractivity (Wildman–Crippen MR) is 91.1 cm³/mol. The van der Waals surface area contributed by atoms with Crippen molar-refractivity contribution < 1.29 is 4.79 Å². The van der Waals surface area contributed by atoms with Crippen LogP contribution in [0.5, 0.6) is 0 Å². The van der Waals surface area contributed by atoms with Crippen molar-refractivity contribution in [2.24, 2.45) is 7.05 Å². The van der Waals surface area contributed by atoms with E-state index in [1.165, 1.54) is 0 Å². The van der Waals surface area contributed by atoms with Crippen molar-refractivity contribution >= 4 is 11.6 Å². The Kier molecular flexibility index (Phi) is 3.40. The van der Waals surface area contributed by atoms with Crippen molar-refractivity contribution in [3.8, 4) is 0 Å². The van der Waals surface area contributed by atoms with Gasteiger partial charge in [0.1, 0.15) is 17.2 Å². The van der Waals surface area contributed by atoms with Gasteiger partial charge in [-0.1, -0.05) is 6.07 Å². The van der Waals surface area contributed by atoms with Gasteiger partial charge in [-0.2, -0.15) is 0 Å². The molecule has 1 amide bonds. The van der Waals surface area contributed by atoms with Crippen LogP contribution >= 0.6 is 0 Å². The van der Waals surface area contributed by atoms with Gasteiger partial charge in [0.05, 0.1) is 5.69 Å². The first-order chi connectivity index (χ1) is 11.5. The summed E-state index contributed by atoms with van der Waals surface area (Å²) in [5, 5.41) is 0. The Bertz CT molecular complexity index is 923. The summed E-state index contributed by atoms with van der Waals surface area (Å²) >= 11 is 0. The van der Waals surface area contributed by atoms with Gasteiger partial charge in [0, 0.05) is 44.1 Å². The molecular weight excluding hydrogens is 302 g/mol. The topological polar surface area (TPSA) is 55.4 Å². The number of nitrogens with zero attached hydrogens (tertiary/aromatic N) is 5. The van der Waals surface area contributed by atoms with Crippen molar-refractivity contribution in [3.63, 3.8) is 0 Å². The van der Waals surface area contributed by atoms with E-state index in [0.29, 0.717) is 18.2 Å². The van der Waals surface area contributed by atoms with Gasteiger partial charge in [-0.25, -0.2) is 9.97 Å². The summed E-state index contributed by atoms with van der Waals surface area (Å²) < 4.78 is 4.03. The zero-order valence-electron chi connectivity index (χ0n) is 14.2. The summed E-state index contributed by atoms with van der Waals surface area (Å²) in [6.07, 6.45) is 4.82. The van der Waals surface area contributed by atoms with E-state index in [0.717, 1.165) is 35.8 Å². The van der Waals surface area contributed by atoms with Crippen molar-refractivity contribution in [1.29, 1.82) is 0 Å². The van der Waals surface area contributed by atoms with Gasteiger partial charge in [-0.3, -0.25) is 4.79 Å². The van der Waals surface area contributed by atoms with Crippen molar-refractivity contribution in [2.45, 2.75) is 26.2 Å². The molecule has 124 valence electrons. The predicted octanol–water partition coefficient (Wildman–Crippen LogP) is 2.31. The number of carbonyl (C=O) groups excluding carboxylic acids is 1. The fourth-order valence-corrected chi connectivity index (χ4v) is 3.58. The van der Waals surface area contributed by atoms with E-state index in [2.05, 4.69) is 14.5 Å². The zero-order valence-corrected chi connectivity index (χ0v) is 14.2. The molecule has 1 fully saturated rings. The molecule has 0 aromatic carbocycles. The molecule has 24 heavy (non-hydrogen) atoms. The van der Waals surface area contributed by atoms with Crippen LogP contribution in [0, 0.1) is 13.8 Å². The minimum Gasteiger partial charge on any atom is -0.337 e. The smallest absolute Gasteiger partial charge is 0.274 e. The van der Waals surface area contributed by atoms with Crippen LogP contribution in [-0.4, -0.2) is 42.8 Å². The Hall–Kier alpha value is -2.63. The summed E-state index contributed by atoms with van der Waals surface area (Å²) in [4.78, 5) is 23.8. The quantitative estimate of drug-likeness (QED) is 0.727. The maximum Gasteiger partial charge on any atom is 0.274 e. The van der Waals surface area contributed by atoms with E-state index in [4.69, 9.17) is 0 Å². The largest absolute Gasteiger partial charge is 0.337 e. The van der Waals surface area contributed by atoms with E-state index in [1.54, 1.807) is 0 Å². The molecule has 1 unspecified atom stereocenters. The molecule has 3 aromatic heterocycles. The monoisotopic (exact) mass is 323 g/mol. The molecule has 0 radical (unpaired) electrons. The normalized spacial score (nSPS) is 17.8. The Labute approximate surface area is 140 Å². The third kappa shape index (κ3) is 2.38. The summed E-state index contributed by atoms with van der Waals surface area (Å²) in [6, 6.07) is 5.90. The van der Waals surface area contributed by atoms with Gasteiger partial charge < -0.3 is 13.9 Å². The number of carbonyl (C=O) groups is 1. The molecule has 1 atom stereocenters. The highest BCUT2D eigenvalue weighted by molar-refractivity contribution is 5.93. The Morgan fingerprint density at radius 2 is 2.04 bits per heavy atom. The van der Waals surface area contributed by atoms with Crippen LogP contribution in [0.25, 0.3) is 5.65 Å². The number of aromatic nitrogens is 4. The second-order valence-corrected chi connectivity index (χ2v) is 6.61. The molecule has 4 rings (SSSR count). The van der Waals surface area contributed by atoms with Crippen LogP contribution in [-0.2, 0) is 7.05 Å². The van der Waals surface area contributed by atoms with Crippen LogP contribution < -0.4 is 0 Å². The molecule has 3 aromatic rings. The van der Waals surface area contributed by atoms with Gasteiger partial charge in [0.15, 0.2) is 0 Å². The first-order valence-corrected chi connectivity index (χ1v) is 8.27. The second kappa shape index (κ2) is 5.47. The number of imidazole rings is 2. The average molecular weight is 323 g/mol. The lowest BCUT2D eigenvalue weighted by Crippen LogP contribution is -2.29. The number of aryl methyl sites for hydroxylation is 3. The second-order valence-electron chi connectivity index (χ2n) is 6.61. The molecular formula is C18H21N5O. The Balaban J connectivity index is 1.56. The van der Waals surface area contributed by atoms with Crippen LogP contribution in [0.3, 0.4) is 0 Å². The summed E-state index contributed by atoms with van der Waals surface area (Å²) in [6.45, 7) is 5.47. The molecule has 6 heteroatoms. The summed E-state index contributed by atoms with van der Waals surface area (Å²) in [5.74, 6) is 1.37. The molecule has 4 heterocycles. The minimum atomic E-state index is 0.00605. The van der Waals surface area contributed by atoms with Gasteiger partial charge in [-0.05, 0) is 32.4 Å². The molecule has 0 aliphatic carbocycles. The number of likely N-dealkylation sites (tertiary alicyclic amines) is 1. The Morgan fingerprint density at radius 3 is 2.75 bits per heavy atom. The van der Waals surface area contributed by atoms with E-state index in [1.807, 2.05) is 60.8 Å². The average Bonchev–Trinajstić information content (AvgIpc) is 3.25. The van der Waals surface area contributed by atoms with Crippen LogP contribution in [0.15, 0.2) is 30.6 Å². The maximum absolute atomic E-state index is 12.8. The number of fused-ring (bicyclic) bond motifs is 1. The summed E-state index contributed by atoms with van der Waals surface area (Å²) in [5.41, 5.74) is 3.42. The number of hydrogen-bond acceptors (Lipinski definition) is 3. The van der Waals surface area contributed by atoms with Crippen molar-refractivity contribution in [2.75, 3.05) is 13.1 Å². The third-order valence-corrected chi connectivity index (χ3v) is 4.79. The zero-order chi connectivity index (χ0) is 16.8.